The van der Waals surface area contributed by atoms with E-state index in [4.69, 9.17) is 5.73 Å². The molecule has 0 spiro atoms. The molecule has 30 heavy (non-hydrogen) atoms. The molecule has 0 saturated carbocycles. The fourth-order valence-corrected chi connectivity index (χ4v) is 3.96. The van der Waals surface area contributed by atoms with E-state index in [1.807, 2.05) is 23.4 Å². The van der Waals surface area contributed by atoms with Crippen LogP contribution in [0.15, 0.2) is 18.3 Å². The lowest BCUT2D eigenvalue weighted by Gasteiger charge is -2.29. The van der Waals surface area contributed by atoms with Gasteiger partial charge < -0.3 is 20.9 Å². The second-order valence-electron chi connectivity index (χ2n) is 7.83. The highest BCUT2D eigenvalue weighted by Gasteiger charge is 2.29. The SMILES string of the molecule is CC(C)n1nc(C(N)=O)c2c1CCN(c1ccc(C(=O)N3CCNC(=O)C3)cn1)C2. The molecule has 0 bridgehead atoms. The number of piperazine rings is 1. The molecule has 4 heterocycles. The van der Waals surface area contributed by atoms with E-state index in [-0.39, 0.29) is 24.4 Å². The van der Waals surface area contributed by atoms with E-state index in [1.165, 1.54) is 11.1 Å². The van der Waals surface area contributed by atoms with Crippen LogP contribution in [0, 0.1) is 0 Å². The topological polar surface area (TPSA) is 126 Å². The van der Waals surface area contributed by atoms with Crippen molar-refractivity contribution in [2.75, 3.05) is 31.1 Å². The average Bonchev–Trinajstić information content (AvgIpc) is 3.13. The molecule has 158 valence electrons. The van der Waals surface area contributed by atoms with Crippen molar-refractivity contribution in [3.8, 4) is 0 Å². The van der Waals surface area contributed by atoms with Gasteiger partial charge in [0.25, 0.3) is 11.8 Å². The van der Waals surface area contributed by atoms with Crippen LogP contribution in [-0.2, 0) is 17.8 Å². The van der Waals surface area contributed by atoms with Gasteiger partial charge in [-0.15, -0.1) is 0 Å². The average molecular weight is 411 g/mol. The predicted octanol–water partition coefficient (Wildman–Crippen LogP) is 0.0926. The lowest BCUT2D eigenvalue weighted by atomic mass is 10.0. The van der Waals surface area contributed by atoms with Crippen LogP contribution in [0.3, 0.4) is 0 Å². The Morgan fingerprint density at radius 3 is 2.63 bits per heavy atom. The summed E-state index contributed by atoms with van der Waals surface area (Å²) in [5.74, 6) is -0.192. The molecule has 2 aromatic heterocycles. The van der Waals surface area contributed by atoms with Crippen LogP contribution in [-0.4, -0.2) is 63.6 Å². The standard InChI is InChI=1S/C20H25N7O3/c1-12(2)27-15-5-7-25(10-14(15)18(24-27)19(21)29)16-4-3-13(9-23-16)20(30)26-8-6-22-17(28)11-26/h3-4,9,12H,5-8,10-11H2,1-2H3,(H2,21,29)(H,22,28). The Kier molecular flexibility index (Phi) is 5.15. The first kappa shape index (κ1) is 19.9. The van der Waals surface area contributed by atoms with E-state index in [9.17, 15) is 14.4 Å². The Morgan fingerprint density at radius 1 is 1.20 bits per heavy atom. The predicted molar refractivity (Wildman–Crippen MR) is 109 cm³/mol. The number of primary amides is 1. The molecule has 3 amide bonds. The molecule has 0 aliphatic carbocycles. The largest absolute Gasteiger partial charge is 0.364 e. The summed E-state index contributed by atoms with van der Waals surface area (Å²) in [6.07, 6.45) is 2.26. The second-order valence-corrected chi connectivity index (χ2v) is 7.83. The molecule has 2 aromatic rings. The third-order valence-corrected chi connectivity index (χ3v) is 5.45. The minimum Gasteiger partial charge on any atom is -0.364 e. The monoisotopic (exact) mass is 411 g/mol. The van der Waals surface area contributed by atoms with Crippen molar-refractivity contribution in [1.29, 1.82) is 0 Å². The molecule has 0 atom stereocenters. The Hall–Kier alpha value is -3.43. The van der Waals surface area contributed by atoms with Crippen molar-refractivity contribution in [3.05, 3.63) is 40.8 Å². The van der Waals surface area contributed by atoms with E-state index in [0.29, 0.717) is 36.7 Å². The number of hydrogen-bond acceptors (Lipinski definition) is 6. The summed E-state index contributed by atoms with van der Waals surface area (Å²) in [7, 11) is 0. The van der Waals surface area contributed by atoms with Crippen LogP contribution in [0.1, 0.15) is 52.0 Å². The number of rotatable bonds is 4. The van der Waals surface area contributed by atoms with Crippen LogP contribution in [0.5, 0.6) is 0 Å². The zero-order valence-electron chi connectivity index (χ0n) is 17.1. The van der Waals surface area contributed by atoms with E-state index < -0.39 is 5.91 Å². The summed E-state index contributed by atoms with van der Waals surface area (Å²) in [5.41, 5.74) is 8.16. The van der Waals surface area contributed by atoms with Gasteiger partial charge in [0.05, 0.1) is 12.1 Å². The molecule has 2 aliphatic rings. The number of nitrogens with one attached hydrogen (secondary N) is 1. The van der Waals surface area contributed by atoms with E-state index in [1.54, 1.807) is 12.1 Å². The summed E-state index contributed by atoms with van der Waals surface area (Å²) < 4.78 is 1.87. The lowest BCUT2D eigenvalue weighted by molar-refractivity contribution is -0.123. The third-order valence-electron chi connectivity index (χ3n) is 5.45. The van der Waals surface area contributed by atoms with Gasteiger partial charge in [0, 0.05) is 56.1 Å². The molecule has 4 rings (SSSR count). The van der Waals surface area contributed by atoms with Gasteiger partial charge in [-0.1, -0.05) is 0 Å². The number of anilines is 1. The zero-order valence-corrected chi connectivity index (χ0v) is 17.1. The van der Waals surface area contributed by atoms with Gasteiger partial charge >= 0.3 is 0 Å². The minimum absolute atomic E-state index is 0.0607. The Morgan fingerprint density at radius 2 is 2.00 bits per heavy atom. The molecule has 0 unspecified atom stereocenters. The van der Waals surface area contributed by atoms with Gasteiger partial charge in [0.2, 0.25) is 5.91 Å². The van der Waals surface area contributed by atoms with Gasteiger partial charge in [0.15, 0.2) is 5.69 Å². The number of pyridine rings is 1. The normalized spacial score (nSPS) is 16.4. The lowest BCUT2D eigenvalue weighted by Crippen LogP contribution is -2.50. The van der Waals surface area contributed by atoms with E-state index in [0.717, 1.165) is 24.2 Å². The summed E-state index contributed by atoms with van der Waals surface area (Å²) in [4.78, 5) is 44.0. The number of carbonyl (C=O) groups excluding carboxylic acids is 3. The Labute approximate surface area is 174 Å². The van der Waals surface area contributed by atoms with Gasteiger partial charge in [-0.25, -0.2) is 4.98 Å². The van der Waals surface area contributed by atoms with Gasteiger partial charge in [0.1, 0.15) is 5.82 Å². The summed E-state index contributed by atoms with van der Waals surface area (Å²) in [6, 6.07) is 3.65. The van der Waals surface area contributed by atoms with E-state index >= 15 is 0 Å². The number of fused-ring (bicyclic) bond motifs is 1. The number of carbonyl (C=O) groups is 3. The maximum atomic E-state index is 12.6. The van der Waals surface area contributed by atoms with Crippen molar-refractivity contribution in [2.45, 2.75) is 32.9 Å². The quantitative estimate of drug-likeness (QED) is 0.734. The van der Waals surface area contributed by atoms with Crippen LogP contribution >= 0.6 is 0 Å². The van der Waals surface area contributed by atoms with Crippen LogP contribution < -0.4 is 16.0 Å². The third kappa shape index (κ3) is 3.60. The van der Waals surface area contributed by atoms with Gasteiger partial charge in [-0.2, -0.15) is 5.10 Å². The molecule has 1 saturated heterocycles. The highest BCUT2D eigenvalue weighted by atomic mass is 16.2. The van der Waals surface area contributed by atoms with Crippen LogP contribution in [0.25, 0.3) is 0 Å². The Bertz CT molecular complexity index is 997. The smallest absolute Gasteiger partial charge is 0.269 e. The first-order valence-electron chi connectivity index (χ1n) is 10.0. The van der Waals surface area contributed by atoms with Gasteiger partial charge in [-0.05, 0) is 26.0 Å². The van der Waals surface area contributed by atoms with Crippen molar-refractivity contribution in [2.24, 2.45) is 5.73 Å². The van der Waals surface area contributed by atoms with Crippen molar-refractivity contribution in [3.63, 3.8) is 0 Å². The van der Waals surface area contributed by atoms with E-state index in [2.05, 4.69) is 15.4 Å². The first-order valence-corrected chi connectivity index (χ1v) is 10.0. The molecule has 1 fully saturated rings. The van der Waals surface area contributed by atoms with Crippen LogP contribution in [0.4, 0.5) is 5.82 Å². The highest BCUT2D eigenvalue weighted by molar-refractivity contribution is 5.97. The summed E-state index contributed by atoms with van der Waals surface area (Å²) >= 11 is 0. The first-order chi connectivity index (χ1) is 14.3. The number of aromatic nitrogens is 3. The zero-order chi connectivity index (χ0) is 21.4. The minimum atomic E-state index is -0.535. The molecule has 0 radical (unpaired) electrons. The second kappa shape index (κ2) is 7.77. The summed E-state index contributed by atoms with van der Waals surface area (Å²) in [5, 5.41) is 7.13. The number of nitrogens with two attached hydrogens (primary N) is 1. The highest BCUT2D eigenvalue weighted by Crippen LogP contribution is 2.27. The maximum absolute atomic E-state index is 12.6. The number of amides is 3. The molecule has 0 aromatic carbocycles. The molecular weight excluding hydrogens is 386 g/mol. The maximum Gasteiger partial charge on any atom is 0.269 e. The summed E-state index contributed by atoms with van der Waals surface area (Å²) in [6.45, 7) is 6.24. The van der Waals surface area contributed by atoms with Crippen molar-refractivity contribution < 1.29 is 14.4 Å². The Balaban J connectivity index is 1.53. The fraction of sp³-hybridized carbons (Fsp3) is 0.450. The van der Waals surface area contributed by atoms with Crippen LogP contribution in [0.2, 0.25) is 0 Å². The van der Waals surface area contributed by atoms with Crippen molar-refractivity contribution in [1.82, 2.24) is 25.0 Å². The fourth-order valence-electron chi connectivity index (χ4n) is 3.96. The number of hydrogen-bond donors (Lipinski definition) is 2. The van der Waals surface area contributed by atoms with Gasteiger partial charge in [-0.3, -0.25) is 19.1 Å². The molecule has 10 nitrogen and oxygen atoms in total. The number of nitrogens with zero attached hydrogens (tertiary/aromatic N) is 5. The molecule has 2 aliphatic heterocycles. The molecule has 10 heteroatoms. The van der Waals surface area contributed by atoms with Crippen molar-refractivity contribution >= 4 is 23.5 Å². The molecular formula is C20H25N7O3. The molecule has 3 N–H and O–H groups in total.